The van der Waals surface area contributed by atoms with Gasteiger partial charge in [-0.05, 0) is 24.3 Å². The molecule has 0 radical (unpaired) electrons. The number of nitrogens with one attached hydrogen (secondary N) is 1. The van der Waals surface area contributed by atoms with Gasteiger partial charge in [-0.25, -0.2) is 15.8 Å². The lowest BCUT2D eigenvalue weighted by molar-refractivity contribution is 0.850. The molecule has 102 valence electrons. The smallest absolute Gasteiger partial charge is 0.148 e. The molecule has 2 aromatic rings. The Morgan fingerprint density at radius 2 is 2.26 bits per heavy atom. The highest BCUT2D eigenvalue weighted by molar-refractivity contribution is 7.09. The second-order valence-electron chi connectivity index (χ2n) is 4.27. The van der Waals surface area contributed by atoms with Crippen molar-refractivity contribution in [2.75, 3.05) is 23.9 Å². The summed E-state index contributed by atoms with van der Waals surface area (Å²) >= 11 is 1.79. The third kappa shape index (κ3) is 3.21. The Bertz CT molecular complexity index is 512. The topological polar surface area (TPSA) is 67.1 Å². The number of anilines is 2. The zero-order chi connectivity index (χ0) is 13.7. The van der Waals surface area contributed by atoms with Crippen LogP contribution in [-0.4, -0.2) is 23.6 Å². The van der Waals surface area contributed by atoms with Crippen molar-refractivity contribution in [3.63, 3.8) is 0 Å². The summed E-state index contributed by atoms with van der Waals surface area (Å²) in [4.78, 5) is 12.1. The zero-order valence-electron chi connectivity index (χ0n) is 11.3. The van der Waals surface area contributed by atoms with Gasteiger partial charge in [0.15, 0.2) is 0 Å². The molecule has 0 spiro atoms. The van der Waals surface area contributed by atoms with Crippen LogP contribution in [0.4, 0.5) is 11.6 Å². The first-order valence-electron chi connectivity index (χ1n) is 6.30. The number of nitrogens with two attached hydrogens (primary N) is 1. The number of aromatic nitrogens is 2. The van der Waals surface area contributed by atoms with Gasteiger partial charge in [0.2, 0.25) is 0 Å². The number of hydrazine groups is 1. The fourth-order valence-corrected chi connectivity index (χ4v) is 2.72. The maximum absolute atomic E-state index is 5.49. The monoisotopic (exact) mass is 277 g/mol. The van der Waals surface area contributed by atoms with Crippen LogP contribution in [0.2, 0.25) is 0 Å². The second kappa shape index (κ2) is 6.49. The molecule has 0 aliphatic heterocycles. The van der Waals surface area contributed by atoms with Crippen molar-refractivity contribution < 1.29 is 0 Å². The molecule has 0 atom stereocenters. The van der Waals surface area contributed by atoms with Crippen LogP contribution in [0.5, 0.6) is 0 Å². The van der Waals surface area contributed by atoms with E-state index in [1.165, 1.54) is 4.88 Å². The predicted molar refractivity (Wildman–Crippen MR) is 80.5 cm³/mol. The molecular weight excluding hydrogens is 258 g/mol. The van der Waals surface area contributed by atoms with Gasteiger partial charge < -0.3 is 10.3 Å². The summed E-state index contributed by atoms with van der Waals surface area (Å²) in [5.41, 5.74) is 3.69. The maximum Gasteiger partial charge on any atom is 0.148 e. The fraction of sp³-hybridized carbons (Fsp3) is 0.385. The van der Waals surface area contributed by atoms with Crippen LogP contribution in [0.15, 0.2) is 23.8 Å². The van der Waals surface area contributed by atoms with Gasteiger partial charge in [-0.2, -0.15) is 0 Å². The maximum atomic E-state index is 5.49. The Labute approximate surface area is 117 Å². The molecule has 0 fully saturated rings. The van der Waals surface area contributed by atoms with Crippen LogP contribution < -0.4 is 16.2 Å². The number of hydrogen-bond donors (Lipinski definition) is 2. The van der Waals surface area contributed by atoms with Gasteiger partial charge in [-0.15, -0.1) is 11.3 Å². The molecule has 6 heteroatoms. The average Bonchev–Trinajstić information content (AvgIpc) is 2.97. The van der Waals surface area contributed by atoms with Crippen molar-refractivity contribution in [1.29, 1.82) is 0 Å². The highest BCUT2D eigenvalue weighted by Gasteiger charge is 2.12. The Hall–Kier alpha value is -1.66. The lowest BCUT2D eigenvalue weighted by Crippen LogP contribution is -2.24. The highest BCUT2D eigenvalue weighted by Crippen LogP contribution is 2.22. The third-order valence-electron chi connectivity index (χ3n) is 3.05. The van der Waals surface area contributed by atoms with Crippen LogP contribution in [0.1, 0.15) is 17.4 Å². The van der Waals surface area contributed by atoms with Gasteiger partial charge in [0.05, 0.1) is 0 Å². The van der Waals surface area contributed by atoms with E-state index in [0.29, 0.717) is 5.82 Å². The molecule has 2 aromatic heterocycles. The molecule has 2 heterocycles. The van der Waals surface area contributed by atoms with Gasteiger partial charge in [-0.3, -0.25) is 0 Å². The number of nitrogen functional groups attached to an aromatic ring is 1. The Morgan fingerprint density at radius 3 is 2.89 bits per heavy atom. The van der Waals surface area contributed by atoms with Crippen molar-refractivity contribution in [2.24, 2.45) is 5.84 Å². The van der Waals surface area contributed by atoms with E-state index < -0.39 is 0 Å². The Morgan fingerprint density at radius 1 is 1.42 bits per heavy atom. The minimum Gasteiger partial charge on any atom is -0.359 e. The standard InChI is InChI=1S/C13H19N5S/c1-3-11-12(17-14)15-9-16-13(11)18(2)7-6-10-5-4-8-19-10/h4-5,8-9H,3,6-7,14H2,1-2H3,(H,15,16,17). The van der Waals surface area contributed by atoms with Crippen molar-refractivity contribution in [1.82, 2.24) is 9.97 Å². The van der Waals surface area contributed by atoms with Crippen molar-refractivity contribution >= 4 is 23.0 Å². The zero-order valence-corrected chi connectivity index (χ0v) is 12.1. The Balaban J connectivity index is 2.11. The first-order chi connectivity index (χ1) is 9.26. The Kier molecular flexibility index (Phi) is 4.70. The number of rotatable bonds is 6. The van der Waals surface area contributed by atoms with Crippen LogP contribution in [-0.2, 0) is 12.8 Å². The van der Waals surface area contributed by atoms with Crippen molar-refractivity contribution in [3.8, 4) is 0 Å². The third-order valence-corrected chi connectivity index (χ3v) is 3.98. The minimum atomic E-state index is 0.704. The average molecular weight is 277 g/mol. The molecule has 2 rings (SSSR count). The van der Waals surface area contributed by atoms with E-state index in [0.717, 1.165) is 30.8 Å². The SMILES string of the molecule is CCc1c(NN)ncnc1N(C)CCc1cccs1. The van der Waals surface area contributed by atoms with Crippen molar-refractivity contribution in [2.45, 2.75) is 19.8 Å². The highest BCUT2D eigenvalue weighted by atomic mass is 32.1. The van der Waals surface area contributed by atoms with Crippen LogP contribution in [0.3, 0.4) is 0 Å². The van der Waals surface area contributed by atoms with Gasteiger partial charge in [0, 0.05) is 24.0 Å². The van der Waals surface area contributed by atoms with Crippen LogP contribution >= 0.6 is 11.3 Å². The first-order valence-corrected chi connectivity index (χ1v) is 7.18. The molecule has 0 aliphatic carbocycles. The van der Waals surface area contributed by atoms with E-state index in [1.54, 1.807) is 17.7 Å². The van der Waals surface area contributed by atoms with E-state index >= 15 is 0 Å². The van der Waals surface area contributed by atoms with Crippen LogP contribution in [0, 0.1) is 0 Å². The molecule has 0 saturated carbocycles. The normalized spacial score (nSPS) is 10.5. The molecule has 0 unspecified atom stereocenters. The number of thiophene rings is 1. The number of likely N-dealkylation sites (N-methyl/N-ethyl adjacent to an activating group) is 1. The molecule has 0 aromatic carbocycles. The summed E-state index contributed by atoms with van der Waals surface area (Å²) in [6, 6.07) is 4.24. The molecular formula is C13H19N5S. The predicted octanol–water partition coefficient (Wildman–Crippen LogP) is 2.06. The van der Waals surface area contributed by atoms with E-state index in [9.17, 15) is 0 Å². The minimum absolute atomic E-state index is 0.704. The molecule has 0 bridgehead atoms. The summed E-state index contributed by atoms with van der Waals surface area (Å²) in [6.07, 6.45) is 3.41. The molecule has 0 aliphatic rings. The molecule has 19 heavy (non-hydrogen) atoms. The summed E-state index contributed by atoms with van der Waals surface area (Å²) in [7, 11) is 2.05. The lowest BCUT2D eigenvalue weighted by atomic mass is 10.2. The van der Waals surface area contributed by atoms with E-state index in [2.05, 4.69) is 51.8 Å². The lowest BCUT2D eigenvalue weighted by Gasteiger charge is -2.21. The van der Waals surface area contributed by atoms with Gasteiger partial charge in [0.1, 0.15) is 18.0 Å². The summed E-state index contributed by atoms with van der Waals surface area (Å²) in [5, 5.41) is 2.11. The fourth-order valence-electron chi connectivity index (χ4n) is 2.02. The van der Waals surface area contributed by atoms with Gasteiger partial charge in [-0.1, -0.05) is 13.0 Å². The molecule has 0 saturated heterocycles. The number of hydrogen-bond acceptors (Lipinski definition) is 6. The van der Waals surface area contributed by atoms with Gasteiger partial charge >= 0.3 is 0 Å². The van der Waals surface area contributed by atoms with E-state index in [-0.39, 0.29) is 0 Å². The largest absolute Gasteiger partial charge is 0.359 e. The number of nitrogens with zero attached hydrogens (tertiary/aromatic N) is 3. The molecule has 5 nitrogen and oxygen atoms in total. The molecule has 3 N–H and O–H groups in total. The summed E-state index contributed by atoms with van der Waals surface area (Å²) < 4.78 is 0. The summed E-state index contributed by atoms with van der Waals surface area (Å²) in [6.45, 7) is 3.00. The quantitative estimate of drug-likeness (QED) is 0.625. The van der Waals surface area contributed by atoms with E-state index in [4.69, 9.17) is 5.84 Å². The second-order valence-corrected chi connectivity index (χ2v) is 5.31. The first kappa shape index (κ1) is 13.8. The van der Waals surface area contributed by atoms with Crippen molar-refractivity contribution in [3.05, 3.63) is 34.3 Å². The summed E-state index contributed by atoms with van der Waals surface area (Å²) in [5.74, 6) is 7.14. The van der Waals surface area contributed by atoms with E-state index in [1.807, 2.05) is 0 Å². The van der Waals surface area contributed by atoms with Crippen LogP contribution in [0.25, 0.3) is 0 Å². The molecule has 0 amide bonds. The van der Waals surface area contributed by atoms with Gasteiger partial charge in [0.25, 0.3) is 0 Å².